The van der Waals surface area contributed by atoms with Crippen molar-refractivity contribution in [2.45, 2.75) is 64.2 Å². The molecule has 4 aliphatic rings. The van der Waals surface area contributed by atoms with Crippen LogP contribution in [-0.2, 0) is 0 Å². The van der Waals surface area contributed by atoms with E-state index in [-0.39, 0.29) is 0 Å². The van der Waals surface area contributed by atoms with E-state index in [1.165, 1.54) is 64.2 Å². The molecule has 0 atom stereocenters. The van der Waals surface area contributed by atoms with Crippen LogP contribution in [0.15, 0.2) is 20.1 Å². The second kappa shape index (κ2) is 3.97. The van der Waals surface area contributed by atoms with Crippen LogP contribution in [0.1, 0.15) is 64.2 Å². The molecule has 0 amide bonds. The first-order chi connectivity index (χ1) is 8.65. The minimum absolute atomic E-state index is 0.669. The quantitative estimate of drug-likeness (QED) is 0.552. The van der Waals surface area contributed by atoms with Gasteiger partial charge in [0.1, 0.15) is 0 Å². The van der Waals surface area contributed by atoms with Crippen LogP contribution in [0.2, 0.25) is 0 Å². The summed E-state index contributed by atoms with van der Waals surface area (Å²) in [5.41, 5.74) is 4.90. The van der Waals surface area contributed by atoms with Gasteiger partial charge in [0.2, 0.25) is 0 Å². The largest absolute Gasteiger partial charge is 0.0556 e. The summed E-state index contributed by atoms with van der Waals surface area (Å²) in [4.78, 5) is 0. The molecule has 2 heteroatoms. The highest BCUT2D eigenvalue weighted by Gasteiger charge is 2.50. The number of hydrogen-bond donors (Lipinski definition) is 0. The van der Waals surface area contributed by atoms with Gasteiger partial charge in [-0.2, -0.15) is 0 Å². The Kier molecular flexibility index (Phi) is 2.69. The van der Waals surface area contributed by atoms with E-state index in [1.54, 1.807) is 20.1 Å². The third-order valence-corrected chi connectivity index (χ3v) is 7.69. The molecule has 0 nitrogen and oxygen atoms in total. The molecule has 4 rings (SSSR count). The van der Waals surface area contributed by atoms with E-state index in [2.05, 4.69) is 31.9 Å². The van der Waals surface area contributed by atoms with Gasteiger partial charge in [-0.15, -0.1) is 0 Å². The normalized spacial score (nSPS) is 31.0. The Balaban J connectivity index is 1.45. The first kappa shape index (κ1) is 12.2. The lowest BCUT2D eigenvalue weighted by Crippen LogP contribution is -2.41. The maximum atomic E-state index is 3.79. The van der Waals surface area contributed by atoms with Crippen molar-refractivity contribution in [1.82, 2.24) is 0 Å². The summed E-state index contributed by atoms with van der Waals surface area (Å²) in [5.74, 6) is 0. The van der Waals surface area contributed by atoms with Gasteiger partial charge in [-0.05, 0) is 71.2 Å². The Hall–Kier alpha value is 0.440. The molecule has 2 spiro atoms. The number of allylic oxidation sites excluding steroid dienone is 4. The second-order valence-electron chi connectivity index (χ2n) is 6.89. The van der Waals surface area contributed by atoms with E-state index in [1.807, 2.05) is 0 Å². The molecular formula is C16H20Br2. The Morgan fingerprint density at radius 2 is 1.11 bits per heavy atom. The summed E-state index contributed by atoms with van der Waals surface area (Å²) in [6.07, 6.45) is 14.1. The minimum Gasteiger partial charge on any atom is -0.0556 e. The van der Waals surface area contributed by atoms with Crippen molar-refractivity contribution < 1.29 is 0 Å². The highest BCUT2D eigenvalue weighted by molar-refractivity contribution is 9.12. The first-order valence-electron chi connectivity index (χ1n) is 7.41. The van der Waals surface area contributed by atoms with E-state index >= 15 is 0 Å². The third kappa shape index (κ3) is 1.48. The van der Waals surface area contributed by atoms with Crippen molar-refractivity contribution >= 4 is 31.9 Å². The van der Waals surface area contributed by atoms with Gasteiger partial charge in [-0.1, -0.05) is 55.8 Å². The second-order valence-corrected chi connectivity index (χ2v) is 8.80. The fraction of sp³-hybridized carbons (Fsp3) is 0.750. The standard InChI is InChI=1S/C16H20Br2/c17-13-9-15(5-1-6-15)11(13)3-4-12-14(18)10-16(12)7-2-8-16/h1-10H2. The Labute approximate surface area is 127 Å². The predicted octanol–water partition coefficient (Wildman–Crippen LogP) is 6.21. The lowest BCUT2D eigenvalue weighted by atomic mass is 9.52. The SMILES string of the molecule is BrC1=C(CCC2=C(Br)CC23CCC3)C2(CCC2)C1. The summed E-state index contributed by atoms with van der Waals surface area (Å²) >= 11 is 7.59. The Bertz CT molecular complexity index is 417. The molecule has 0 aromatic heterocycles. The van der Waals surface area contributed by atoms with Crippen molar-refractivity contribution in [1.29, 1.82) is 0 Å². The Morgan fingerprint density at radius 3 is 1.33 bits per heavy atom. The van der Waals surface area contributed by atoms with Crippen molar-refractivity contribution in [3.05, 3.63) is 20.1 Å². The molecule has 4 aliphatic carbocycles. The van der Waals surface area contributed by atoms with Crippen LogP contribution in [0.4, 0.5) is 0 Å². The van der Waals surface area contributed by atoms with E-state index in [4.69, 9.17) is 0 Å². The fourth-order valence-electron chi connectivity index (χ4n) is 4.60. The van der Waals surface area contributed by atoms with E-state index in [9.17, 15) is 0 Å². The molecule has 0 radical (unpaired) electrons. The molecule has 0 aromatic rings. The van der Waals surface area contributed by atoms with Crippen LogP contribution in [0.5, 0.6) is 0 Å². The van der Waals surface area contributed by atoms with Gasteiger partial charge in [-0.25, -0.2) is 0 Å². The van der Waals surface area contributed by atoms with Gasteiger partial charge in [0, 0.05) is 0 Å². The molecule has 0 unspecified atom stereocenters. The zero-order valence-electron chi connectivity index (χ0n) is 10.8. The summed E-state index contributed by atoms with van der Waals surface area (Å²) in [6.45, 7) is 0. The van der Waals surface area contributed by atoms with Crippen LogP contribution in [-0.4, -0.2) is 0 Å². The average Bonchev–Trinajstić information content (AvgIpc) is 2.22. The monoisotopic (exact) mass is 370 g/mol. The summed E-state index contributed by atoms with van der Waals surface area (Å²) in [6, 6.07) is 0. The number of rotatable bonds is 3. The first-order valence-corrected chi connectivity index (χ1v) is 9.00. The van der Waals surface area contributed by atoms with Gasteiger partial charge >= 0.3 is 0 Å². The molecule has 0 heterocycles. The zero-order chi connectivity index (χ0) is 12.4. The smallest absolute Gasteiger partial charge is 0.00315 e. The molecular weight excluding hydrogens is 352 g/mol. The molecule has 0 aromatic carbocycles. The van der Waals surface area contributed by atoms with Gasteiger partial charge in [0.05, 0.1) is 0 Å². The van der Waals surface area contributed by atoms with E-state index < -0.39 is 0 Å². The molecule has 0 bridgehead atoms. The molecule has 98 valence electrons. The molecule has 0 N–H and O–H groups in total. The minimum atomic E-state index is 0.669. The highest BCUT2D eigenvalue weighted by atomic mass is 79.9. The van der Waals surface area contributed by atoms with Crippen molar-refractivity contribution in [3.63, 3.8) is 0 Å². The third-order valence-electron chi connectivity index (χ3n) is 6.17. The van der Waals surface area contributed by atoms with E-state index in [0.717, 1.165) is 0 Å². The lowest BCUT2D eigenvalue weighted by molar-refractivity contribution is 0.139. The van der Waals surface area contributed by atoms with Crippen molar-refractivity contribution in [2.24, 2.45) is 10.8 Å². The number of hydrogen-bond acceptors (Lipinski definition) is 0. The maximum absolute atomic E-state index is 3.79. The van der Waals surface area contributed by atoms with E-state index in [0.29, 0.717) is 10.8 Å². The number of halogens is 2. The van der Waals surface area contributed by atoms with Crippen LogP contribution < -0.4 is 0 Å². The van der Waals surface area contributed by atoms with Gasteiger partial charge in [0.25, 0.3) is 0 Å². The molecule has 2 saturated carbocycles. The highest BCUT2D eigenvalue weighted by Crippen LogP contribution is 2.65. The molecule has 18 heavy (non-hydrogen) atoms. The van der Waals surface area contributed by atoms with Crippen molar-refractivity contribution in [2.75, 3.05) is 0 Å². The topological polar surface area (TPSA) is 0 Å². The molecule has 0 aliphatic heterocycles. The van der Waals surface area contributed by atoms with Crippen LogP contribution in [0.3, 0.4) is 0 Å². The van der Waals surface area contributed by atoms with Crippen LogP contribution in [0.25, 0.3) is 0 Å². The van der Waals surface area contributed by atoms with Crippen LogP contribution >= 0.6 is 31.9 Å². The van der Waals surface area contributed by atoms with Crippen LogP contribution in [0, 0.1) is 10.8 Å². The Morgan fingerprint density at radius 1 is 0.722 bits per heavy atom. The molecule has 2 fully saturated rings. The fourth-order valence-corrected chi connectivity index (χ4v) is 6.91. The van der Waals surface area contributed by atoms with Gasteiger partial charge in [0.15, 0.2) is 0 Å². The van der Waals surface area contributed by atoms with Gasteiger partial charge in [-0.3, -0.25) is 0 Å². The molecule has 0 saturated heterocycles. The summed E-state index contributed by atoms with van der Waals surface area (Å²) in [7, 11) is 0. The maximum Gasteiger partial charge on any atom is -0.00315 e. The van der Waals surface area contributed by atoms with Crippen molar-refractivity contribution in [3.8, 4) is 0 Å². The summed E-state index contributed by atoms with van der Waals surface area (Å²) in [5, 5.41) is 0. The average molecular weight is 372 g/mol. The van der Waals surface area contributed by atoms with Gasteiger partial charge < -0.3 is 0 Å². The predicted molar refractivity (Wildman–Crippen MR) is 82.9 cm³/mol. The summed E-state index contributed by atoms with van der Waals surface area (Å²) < 4.78 is 3.09. The lowest BCUT2D eigenvalue weighted by Gasteiger charge is -2.54. The zero-order valence-corrected chi connectivity index (χ0v) is 14.0.